The molecular weight excluding hydrogens is 295 g/mol. The summed E-state index contributed by atoms with van der Waals surface area (Å²) in [6.07, 6.45) is -4.55. The lowest BCUT2D eigenvalue weighted by Crippen LogP contribution is -2.46. The summed E-state index contributed by atoms with van der Waals surface area (Å²) < 4.78 is 39.1. The van der Waals surface area contributed by atoms with Crippen LogP contribution < -0.4 is 4.90 Å². The molecule has 0 aliphatic carbocycles. The molecule has 1 saturated heterocycles. The zero-order valence-electron chi connectivity index (χ0n) is 12.5. The van der Waals surface area contributed by atoms with E-state index in [2.05, 4.69) is 26.8 Å². The normalized spacial score (nSPS) is 17.4. The third-order valence-electron chi connectivity index (χ3n) is 3.97. The van der Waals surface area contributed by atoms with E-state index < -0.39 is 12.0 Å². The minimum atomic E-state index is -4.55. The Hall–Kier alpha value is -1.83. The number of rotatable bonds is 2. The van der Waals surface area contributed by atoms with Gasteiger partial charge in [0.05, 0.1) is 5.39 Å². The summed E-state index contributed by atoms with van der Waals surface area (Å²) in [5.41, 5.74) is 1.02. The second-order valence-electron chi connectivity index (χ2n) is 5.50. The zero-order chi connectivity index (χ0) is 15.9. The van der Waals surface area contributed by atoms with E-state index in [1.807, 2.05) is 4.90 Å². The Labute approximate surface area is 126 Å². The number of nitrogens with zero attached hydrogens (tertiary/aromatic N) is 4. The lowest BCUT2D eigenvalue weighted by molar-refractivity contribution is -0.144. The summed E-state index contributed by atoms with van der Waals surface area (Å²) in [6.45, 7) is 7.82. The molecule has 1 aliphatic heterocycles. The molecule has 8 heteroatoms. The summed E-state index contributed by atoms with van der Waals surface area (Å²) >= 11 is 0. The summed E-state index contributed by atoms with van der Waals surface area (Å²) in [4.78, 5) is 14.5. The standard InChI is InChI=1S/C14H18F3N5/c1-3-21-4-6-22(7-5-21)12-10-8-9(2)18-11(10)19-13(20-12)14(15,16)17/h8H,3-7H2,1-2H3,(H,18,19,20). The van der Waals surface area contributed by atoms with Gasteiger partial charge >= 0.3 is 6.18 Å². The van der Waals surface area contributed by atoms with Crippen molar-refractivity contribution in [2.45, 2.75) is 20.0 Å². The quantitative estimate of drug-likeness (QED) is 0.925. The van der Waals surface area contributed by atoms with Crippen molar-refractivity contribution >= 4 is 16.9 Å². The molecule has 1 N–H and O–H groups in total. The van der Waals surface area contributed by atoms with Crippen LogP contribution in [0, 0.1) is 6.92 Å². The van der Waals surface area contributed by atoms with Crippen molar-refractivity contribution in [3.63, 3.8) is 0 Å². The second-order valence-corrected chi connectivity index (χ2v) is 5.50. The number of aryl methyl sites for hydroxylation is 1. The number of likely N-dealkylation sites (N-methyl/N-ethyl adjacent to an activating group) is 1. The van der Waals surface area contributed by atoms with Crippen molar-refractivity contribution in [3.05, 3.63) is 17.6 Å². The third-order valence-corrected chi connectivity index (χ3v) is 3.97. The number of halogens is 3. The Balaban J connectivity index is 2.03. The van der Waals surface area contributed by atoms with Gasteiger partial charge in [0.1, 0.15) is 11.5 Å². The minimum absolute atomic E-state index is 0.243. The molecule has 0 atom stereocenters. The van der Waals surface area contributed by atoms with E-state index in [4.69, 9.17) is 0 Å². The number of aromatic amines is 1. The number of hydrogen-bond acceptors (Lipinski definition) is 4. The number of aromatic nitrogens is 3. The Kier molecular flexibility index (Phi) is 3.72. The molecule has 0 aromatic carbocycles. The first-order valence-electron chi connectivity index (χ1n) is 7.30. The van der Waals surface area contributed by atoms with E-state index in [9.17, 15) is 13.2 Å². The van der Waals surface area contributed by atoms with Gasteiger partial charge in [-0.05, 0) is 19.5 Å². The smallest absolute Gasteiger partial charge is 0.353 e. The highest BCUT2D eigenvalue weighted by molar-refractivity contribution is 5.88. The molecule has 22 heavy (non-hydrogen) atoms. The fraction of sp³-hybridized carbons (Fsp3) is 0.571. The number of H-pyrrole nitrogens is 1. The molecular formula is C14H18F3N5. The van der Waals surface area contributed by atoms with Crippen LogP contribution in [0.3, 0.4) is 0 Å². The van der Waals surface area contributed by atoms with Crippen molar-refractivity contribution in [2.24, 2.45) is 0 Å². The number of hydrogen-bond donors (Lipinski definition) is 1. The fourth-order valence-corrected chi connectivity index (χ4v) is 2.77. The Morgan fingerprint density at radius 1 is 1.18 bits per heavy atom. The Bertz CT molecular complexity index is 671. The highest BCUT2D eigenvalue weighted by Gasteiger charge is 2.36. The van der Waals surface area contributed by atoms with Crippen LogP contribution in [0.4, 0.5) is 19.0 Å². The van der Waals surface area contributed by atoms with Gasteiger partial charge in [-0.2, -0.15) is 13.2 Å². The molecule has 2 aromatic rings. The van der Waals surface area contributed by atoms with Crippen LogP contribution in [-0.4, -0.2) is 52.6 Å². The van der Waals surface area contributed by atoms with Gasteiger partial charge in [0.15, 0.2) is 0 Å². The number of anilines is 1. The number of fused-ring (bicyclic) bond motifs is 1. The first-order chi connectivity index (χ1) is 10.4. The zero-order valence-corrected chi connectivity index (χ0v) is 12.5. The molecule has 0 saturated carbocycles. The van der Waals surface area contributed by atoms with Gasteiger partial charge in [0, 0.05) is 31.9 Å². The molecule has 5 nitrogen and oxygen atoms in total. The SMILES string of the molecule is CCN1CCN(c2nc(C(F)(F)F)nc3[nH]c(C)cc23)CC1. The van der Waals surface area contributed by atoms with Gasteiger partial charge in [-0.1, -0.05) is 6.92 Å². The van der Waals surface area contributed by atoms with Crippen molar-refractivity contribution in [1.82, 2.24) is 19.9 Å². The average Bonchev–Trinajstić information content (AvgIpc) is 2.85. The maximum atomic E-state index is 13.0. The lowest BCUT2D eigenvalue weighted by Gasteiger charge is -2.35. The first kappa shape index (κ1) is 15.1. The molecule has 0 bridgehead atoms. The minimum Gasteiger partial charge on any atom is -0.353 e. The van der Waals surface area contributed by atoms with Gasteiger partial charge in [-0.25, -0.2) is 9.97 Å². The van der Waals surface area contributed by atoms with Gasteiger partial charge in [0.2, 0.25) is 5.82 Å². The van der Waals surface area contributed by atoms with E-state index in [0.29, 0.717) is 24.3 Å². The lowest BCUT2D eigenvalue weighted by atomic mass is 10.2. The van der Waals surface area contributed by atoms with Crippen LogP contribution in [0.5, 0.6) is 0 Å². The molecule has 1 fully saturated rings. The maximum Gasteiger partial charge on any atom is 0.451 e. The van der Waals surface area contributed by atoms with Crippen molar-refractivity contribution < 1.29 is 13.2 Å². The van der Waals surface area contributed by atoms with Crippen LogP contribution in [-0.2, 0) is 6.18 Å². The van der Waals surface area contributed by atoms with E-state index in [0.717, 1.165) is 25.3 Å². The summed E-state index contributed by atoms with van der Waals surface area (Å²) in [5, 5.41) is 0.649. The highest BCUT2D eigenvalue weighted by Crippen LogP contribution is 2.32. The number of piperazine rings is 1. The van der Waals surface area contributed by atoms with Crippen LogP contribution in [0.1, 0.15) is 18.4 Å². The predicted molar refractivity (Wildman–Crippen MR) is 78.0 cm³/mol. The highest BCUT2D eigenvalue weighted by atomic mass is 19.4. The predicted octanol–water partition coefficient (Wildman–Crippen LogP) is 2.43. The van der Waals surface area contributed by atoms with E-state index >= 15 is 0 Å². The first-order valence-corrected chi connectivity index (χ1v) is 7.30. The second kappa shape index (κ2) is 5.42. The molecule has 0 spiro atoms. The van der Waals surface area contributed by atoms with Crippen LogP contribution in [0.25, 0.3) is 11.0 Å². The van der Waals surface area contributed by atoms with Crippen LogP contribution >= 0.6 is 0 Å². The fourth-order valence-electron chi connectivity index (χ4n) is 2.77. The van der Waals surface area contributed by atoms with Gasteiger partial charge < -0.3 is 14.8 Å². The van der Waals surface area contributed by atoms with Crippen LogP contribution in [0.2, 0.25) is 0 Å². The maximum absolute atomic E-state index is 13.0. The summed E-state index contributed by atoms with van der Waals surface area (Å²) in [6, 6.07) is 1.80. The molecule has 3 heterocycles. The van der Waals surface area contributed by atoms with Crippen molar-refractivity contribution in [3.8, 4) is 0 Å². The average molecular weight is 313 g/mol. The molecule has 0 amide bonds. The Morgan fingerprint density at radius 2 is 1.86 bits per heavy atom. The topological polar surface area (TPSA) is 48.1 Å². The molecule has 0 unspecified atom stereocenters. The van der Waals surface area contributed by atoms with E-state index in [1.54, 1.807) is 13.0 Å². The van der Waals surface area contributed by atoms with Crippen molar-refractivity contribution in [1.29, 1.82) is 0 Å². The monoisotopic (exact) mass is 313 g/mol. The number of nitrogens with one attached hydrogen (secondary N) is 1. The Morgan fingerprint density at radius 3 is 2.45 bits per heavy atom. The van der Waals surface area contributed by atoms with Crippen LogP contribution in [0.15, 0.2) is 6.07 Å². The van der Waals surface area contributed by atoms with Gasteiger partial charge in [0.25, 0.3) is 0 Å². The molecule has 120 valence electrons. The third kappa shape index (κ3) is 2.75. The molecule has 3 rings (SSSR count). The summed E-state index contributed by atoms with van der Waals surface area (Å²) in [7, 11) is 0. The van der Waals surface area contributed by atoms with Gasteiger partial charge in [-0.3, -0.25) is 0 Å². The largest absolute Gasteiger partial charge is 0.451 e. The molecule has 0 radical (unpaired) electrons. The van der Waals surface area contributed by atoms with E-state index in [-0.39, 0.29) is 5.65 Å². The van der Waals surface area contributed by atoms with Gasteiger partial charge in [-0.15, -0.1) is 0 Å². The molecule has 1 aliphatic rings. The number of alkyl halides is 3. The summed E-state index contributed by atoms with van der Waals surface area (Å²) in [5.74, 6) is -0.716. The molecule has 2 aromatic heterocycles. The van der Waals surface area contributed by atoms with Crippen molar-refractivity contribution in [2.75, 3.05) is 37.6 Å². The van der Waals surface area contributed by atoms with E-state index in [1.165, 1.54) is 0 Å².